The van der Waals surface area contributed by atoms with Crippen molar-refractivity contribution in [3.05, 3.63) is 39.1 Å². The third-order valence-electron chi connectivity index (χ3n) is 4.71. The molecule has 0 saturated carbocycles. The third kappa shape index (κ3) is 4.05. The number of hydrogen-bond donors (Lipinski definition) is 0. The predicted octanol–water partition coefficient (Wildman–Crippen LogP) is 3.65. The van der Waals surface area contributed by atoms with Crippen molar-refractivity contribution in [2.24, 2.45) is 0 Å². The molecule has 0 unspecified atom stereocenters. The molecule has 5 nitrogen and oxygen atoms in total. The van der Waals surface area contributed by atoms with E-state index in [1.165, 1.54) is 10.7 Å². The molecule has 2 aromatic heterocycles. The first-order valence-corrected chi connectivity index (χ1v) is 9.96. The Kier molecular flexibility index (Phi) is 5.31. The fourth-order valence-corrected chi connectivity index (χ4v) is 4.19. The van der Waals surface area contributed by atoms with Crippen LogP contribution in [0.1, 0.15) is 48.4 Å². The summed E-state index contributed by atoms with van der Waals surface area (Å²) in [5.74, 6) is 0. The summed E-state index contributed by atoms with van der Waals surface area (Å²) in [5, 5.41) is 12.9. The van der Waals surface area contributed by atoms with Crippen LogP contribution in [-0.2, 0) is 12.0 Å². The van der Waals surface area contributed by atoms with E-state index in [1.54, 1.807) is 11.3 Å². The van der Waals surface area contributed by atoms with E-state index in [1.807, 2.05) is 19.9 Å². The molecule has 3 rings (SSSR count). The lowest BCUT2D eigenvalue weighted by Gasteiger charge is -2.36. The summed E-state index contributed by atoms with van der Waals surface area (Å²) in [7, 11) is 0. The Labute approximate surface area is 160 Å². The van der Waals surface area contributed by atoms with Gasteiger partial charge in [0, 0.05) is 49.2 Å². The number of aromatic nitrogens is 2. The average Bonchev–Trinajstić information content (AvgIpc) is 3.04. The highest BCUT2D eigenvalue weighted by Crippen LogP contribution is 2.27. The Morgan fingerprint density at radius 1 is 1.15 bits per heavy atom. The molecule has 26 heavy (non-hydrogen) atoms. The van der Waals surface area contributed by atoms with Crippen LogP contribution in [0, 0.1) is 25.2 Å². The van der Waals surface area contributed by atoms with Crippen LogP contribution in [-0.4, -0.2) is 41.0 Å². The lowest BCUT2D eigenvalue weighted by Crippen LogP contribution is -2.46. The third-order valence-corrected chi connectivity index (χ3v) is 6.03. The number of rotatable bonds is 3. The second-order valence-corrected chi connectivity index (χ2v) is 8.87. The van der Waals surface area contributed by atoms with Crippen LogP contribution in [0.3, 0.4) is 0 Å². The van der Waals surface area contributed by atoms with Crippen molar-refractivity contribution >= 4 is 17.0 Å². The van der Waals surface area contributed by atoms with Gasteiger partial charge in [0.25, 0.3) is 0 Å². The number of thiazole rings is 1. The lowest BCUT2D eigenvalue weighted by molar-refractivity contribution is 0.247. The first kappa shape index (κ1) is 18.8. The zero-order valence-electron chi connectivity index (χ0n) is 16.3. The minimum Gasteiger partial charge on any atom is -0.368 e. The molecule has 1 aliphatic heterocycles. The van der Waals surface area contributed by atoms with E-state index in [9.17, 15) is 5.26 Å². The summed E-state index contributed by atoms with van der Waals surface area (Å²) in [4.78, 5) is 14.0. The molecule has 1 aliphatic rings. The first-order valence-electron chi connectivity index (χ1n) is 9.08. The SMILES string of the molecule is Cc1cc(N2CCN(Cc3csc(C(C)(C)C)n3)CC2)c(C#N)c(C)n1. The predicted molar refractivity (Wildman–Crippen MR) is 107 cm³/mol. The number of nitriles is 1. The molecule has 1 saturated heterocycles. The van der Waals surface area contributed by atoms with E-state index in [0.29, 0.717) is 5.56 Å². The molecular weight excluding hydrogens is 342 g/mol. The second-order valence-electron chi connectivity index (χ2n) is 8.01. The number of nitrogens with zero attached hydrogens (tertiary/aromatic N) is 5. The Balaban J connectivity index is 1.65. The number of piperazine rings is 1. The highest BCUT2D eigenvalue weighted by molar-refractivity contribution is 7.09. The minimum atomic E-state index is 0.117. The van der Waals surface area contributed by atoms with Gasteiger partial charge in [-0.3, -0.25) is 9.88 Å². The number of pyridine rings is 1. The summed E-state index contributed by atoms with van der Waals surface area (Å²) in [5.41, 5.74) is 4.81. The van der Waals surface area contributed by atoms with Crippen LogP contribution in [0.25, 0.3) is 0 Å². The molecular formula is C20H27N5S. The molecule has 0 aliphatic carbocycles. The maximum Gasteiger partial charge on any atom is 0.103 e. The van der Waals surface area contributed by atoms with Gasteiger partial charge in [0.2, 0.25) is 0 Å². The topological polar surface area (TPSA) is 56.0 Å². The smallest absolute Gasteiger partial charge is 0.103 e. The summed E-state index contributed by atoms with van der Waals surface area (Å²) < 4.78 is 0. The van der Waals surface area contributed by atoms with E-state index < -0.39 is 0 Å². The van der Waals surface area contributed by atoms with Gasteiger partial charge in [-0.05, 0) is 19.9 Å². The number of aryl methyl sites for hydroxylation is 2. The molecule has 6 heteroatoms. The van der Waals surface area contributed by atoms with Gasteiger partial charge >= 0.3 is 0 Å². The number of anilines is 1. The maximum atomic E-state index is 9.50. The van der Waals surface area contributed by atoms with Crippen LogP contribution in [0.4, 0.5) is 5.69 Å². The summed E-state index contributed by atoms with van der Waals surface area (Å²) in [6.07, 6.45) is 0. The maximum absolute atomic E-state index is 9.50. The summed E-state index contributed by atoms with van der Waals surface area (Å²) in [6, 6.07) is 4.37. The Morgan fingerprint density at radius 2 is 1.85 bits per heavy atom. The summed E-state index contributed by atoms with van der Waals surface area (Å²) >= 11 is 1.76. The monoisotopic (exact) mass is 369 g/mol. The highest BCUT2D eigenvalue weighted by Gasteiger charge is 2.23. The van der Waals surface area contributed by atoms with Gasteiger partial charge in [-0.1, -0.05) is 20.8 Å². The fourth-order valence-electron chi connectivity index (χ4n) is 3.30. The van der Waals surface area contributed by atoms with Gasteiger partial charge in [0.15, 0.2) is 0 Å². The van der Waals surface area contributed by atoms with Crippen molar-refractivity contribution in [3.8, 4) is 6.07 Å². The molecule has 0 amide bonds. The van der Waals surface area contributed by atoms with Gasteiger partial charge in [0.1, 0.15) is 6.07 Å². The van der Waals surface area contributed by atoms with Gasteiger partial charge in [0.05, 0.1) is 27.6 Å². The second kappa shape index (κ2) is 7.34. The molecule has 0 atom stereocenters. The zero-order chi connectivity index (χ0) is 18.9. The molecule has 1 fully saturated rings. The van der Waals surface area contributed by atoms with E-state index in [-0.39, 0.29) is 5.41 Å². The van der Waals surface area contributed by atoms with Gasteiger partial charge in [-0.25, -0.2) is 4.98 Å². The van der Waals surface area contributed by atoms with Crippen molar-refractivity contribution in [3.63, 3.8) is 0 Å². The molecule has 0 radical (unpaired) electrons. The first-order chi connectivity index (χ1) is 12.3. The Bertz CT molecular complexity index is 820. The number of hydrogen-bond acceptors (Lipinski definition) is 6. The Morgan fingerprint density at radius 3 is 2.42 bits per heavy atom. The minimum absolute atomic E-state index is 0.117. The van der Waals surface area contributed by atoms with Crippen LogP contribution in [0.15, 0.2) is 11.4 Å². The lowest BCUT2D eigenvalue weighted by atomic mass is 9.98. The quantitative estimate of drug-likeness (QED) is 0.827. The van der Waals surface area contributed by atoms with E-state index >= 15 is 0 Å². The molecule has 3 heterocycles. The van der Waals surface area contributed by atoms with Crippen molar-refractivity contribution in [1.29, 1.82) is 5.26 Å². The van der Waals surface area contributed by atoms with E-state index in [4.69, 9.17) is 4.98 Å². The molecule has 0 aromatic carbocycles. The Hall–Kier alpha value is -1.97. The zero-order valence-corrected chi connectivity index (χ0v) is 17.2. The van der Waals surface area contributed by atoms with Crippen LogP contribution >= 0.6 is 11.3 Å². The normalized spacial score (nSPS) is 15.9. The molecule has 0 spiro atoms. The van der Waals surface area contributed by atoms with Crippen molar-refractivity contribution < 1.29 is 0 Å². The van der Waals surface area contributed by atoms with Crippen LogP contribution in [0.5, 0.6) is 0 Å². The van der Waals surface area contributed by atoms with Crippen molar-refractivity contribution in [2.45, 2.75) is 46.6 Å². The largest absolute Gasteiger partial charge is 0.368 e. The molecule has 0 bridgehead atoms. The van der Waals surface area contributed by atoms with Gasteiger partial charge in [-0.2, -0.15) is 5.26 Å². The van der Waals surface area contributed by atoms with E-state index in [0.717, 1.165) is 49.8 Å². The standard InChI is InChI=1S/C20H27N5S/c1-14-10-18(17(11-21)15(2)22-14)25-8-6-24(7-9-25)12-16-13-26-19(23-16)20(3,4)5/h10,13H,6-9,12H2,1-5H3. The fraction of sp³-hybridized carbons (Fsp3) is 0.550. The highest BCUT2D eigenvalue weighted by atomic mass is 32.1. The molecule has 2 aromatic rings. The molecule has 0 N–H and O–H groups in total. The summed E-state index contributed by atoms with van der Waals surface area (Å²) in [6.45, 7) is 15.2. The molecule has 138 valence electrons. The van der Waals surface area contributed by atoms with Crippen LogP contribution in [0.2, 0.25) is 0 Å². The van der Waals surface area contributed by atoms with Gasteiger partial charge < -0.3 is 4.90 Å². The van der Waals surface area contributed by atoms with E-state index in [2.05, 4.69) is 47.0 Å². The van der Waals surface area contributed by atoms with Gasteiger partial charge in [-0.15, -0.1) is 11.3 Å². The van der Waals surface area contributed by atoms with Crippen molar-refractivity contribution in [1.82, 2.24) is 14.9 Å². The average molecular weight is 370 g/mol. The van der Waals surface area contributed by atoms with Crippen molar-refractivity contribution in [2.75, 3.05) is 31.1 Å². The van der Waals surface area contributed by atoms with Crippen LogP contribution < -0.4 is 4.90 Å².